The fourth-order valence-corrected chi connectivity index (χ4v) is 2.78. The van der Waals surface area contributed by atoms with E-state index in [1.165, 1.54) is 13.3 Å². The van der Waals surface area contributed by atoms with Gasteiger partial charge in [-0.1, -0.05) is 32.4 Å². The average molecular weight is 407 g/mol. The lowest BCUT2D eigenvalue weighted by Gasteiger charge is -2.31. The third kappa shape index (κ3) is 4.19. The number of nitrogens with one attached hydrogen (secondary N) is 2. The smallest absolute Gasteiger partial charge is 0.307 e. The molecule has 1 atom stereocenters. The number of esters is 1. The summed E-state index contributed by atoms with van der Waals surface area (Å²) in [6.07, 6.45) is 2.61. The highest BCUT2D eigenvalue weighted by atomic mass is 35.5. The zero-order chi connectivity index (χ0) is 20.5. The minimum atomic E-state index is -0.640. The molecule has 0 aromatic carbocycles. The van der Waals surface area contributed by atoms with Crippen molar-refractivity contribution >= 4 is 34.4 Å². The van der Waals surface area contributed by atoms with Gasteiger partial charge in [0, 0.05) is 12.2 Å². The zero-order valence-corrected chi connectivity index (χ0v) is 16.6. The molecule has 0 saturated carbocycles. The fourth-order valence-electron chi connectivity index (χ4n) is 2.62. The molecule has 0 spiro atoms. The monoisotopic (exact) mass is 406 g/mol. The van der Waals surface area contributed by atoms with Crippen LogP contribution in [0.4, 0.5) is 10.2 Å². The second-order valence-corrected chi connectivity index (χ2v) is 7.79. The molecule has 0 saturated heterocycles. The van der Waals surface area contributed by atoms with E-state index in [0.717, 1.165) is 6.20 Å². The number of pyridine rings is 1. The molecule has 0 fully saturated rings. The van der Waals surface area contributed by atoms with E-state index in [0.29, 0.717) is 21.7 Å². The van der Waals surface area contributed by atoms with Crippen LogP contribution in [0, 0.1) is 11.2 Å². The van der Waals surface area contributed by atoms with Crippen LogP contribution < -0.4 is 5.32 Å². The molecular weight excluding hydrogens is 387 g/mol. The number of methoxy groups -OCH3 is 1. The first-order chi connectivity index (χ1) is 13.2. The van der Waals surface area contributed by atoms with Crippen LogP contribution in [-0.4, -0.2) is 44.3 Å². The summed E-state index contributed by atoms with van der Waals surface area (Å²) in [5.74, 6) is -0.870. The molecule has 0 aliphatic heterocycles. The number of H-pyrrole nitrogens is 1. The van der Waals surface area contributed by atoms with Gasteiger partial charge in [-0.05, 0) is 11.5 Å². The lowest BCUT2D eigenvalue weighted by Crippen LogP contribution is -2.37. The van der Waals surface area contributed by atoms with Gasteiger partial charge < -0.3 is 10.1 Å². The number of halogens is 2. The number of carbonyl (C=O) groups is 1. The zero-order valence-electron chi connectivity index (χ0n) is 15.9. The van der Waals surface area contributed by atoms with E-state index < -0.39 is 17.8 Å². The van der Waals surface area contributed by atoms with Crippen LogP contribution >= 0.6 is 11.6 Å². The molecule has 3 heterocycles. The van der Waals surface area contributed by atoms with Crippen molar-refractivity contribution in [3.8, 4) is 11.5 Å². The van der Waals surface area contributed by atoms with Crippen molar-refractivity contribution in [2.24, 2.45) is 5.41 Å². The number of hydrogen-bond donors (Lipinski definition) is 2. The van der Waals surface area contributed by atoms with E-state index in [1.807, 2.05) is 20.8 Å². The van der Waals surface area contributed by atoms with Gasteiger partial charge in [0.2, 0.25) is 0 Å². The number of aromatic nitrogens is 5. The molecule has 28 heavy (non-hydrogen) atoms. The van der Waals surface area contributed by atoms with Crippen molar-refractivity contribution in [2.75, 3.05) is 12.4 Å². The maximum absolute atomic E-state index is 14.4. The molecule has 8 nitrogen and oxygen atoms in total. The SMILES string of the molecule is COC(=O)CC(Nc1nc(-c2n[nH]c3ncc(Cl)cc23)ncc1F)C(C)(C)C. The van der Waals surface area contributed by atoms with Gasteiger partial charge in [0.15, 0.2) is 23.1 Å². The average Bonchev–Trinajstić information content (AvgIpc) is 3.04. The first kappa shape index (κ1) is 19.9. The van der Waals surface area contributed by atoms with Crippen molar-refractivity contribution in [1.82, 2.24) is 25.1 Å². The number of anilines is 1. The van der Waals surface area contributed by atoms with Crippen LogP contribution in [-0.2, 0) is 9.53 Å². The molecule has 0 bridgehead atoms. The lowest BCUT2D eigenvalue weighted by atomic mass is 9.84. The Morgan fingerprint density at radius 1 is 1.36 bits per heavy atom. The van der Waals surface area contributed by atoms with Crippen molar-refractivity contribution in [2.45, 2.75) is 33.2 Å². The van der Waals surface area contributed by atoms with Crippen molar-refractivity contribution < 1.29 is 13.9 Å². The summed E-state index contributed by atoms with van der Waals surface area (Å²) in [4.78, 5) is 24.2. The molecule has 1 unspecified atom stereocenters. The van der Waals surface area contributed by atoms with Gasteiger partial charge in [-0.2, -0.15) is 5.10 Å². The summed E-state index contributed by atoms with van der Waals surface area (Å²) in [6.45, 7) is 5.80. The maximum atomic E-state index is 14.4. The summed E-state index contributed by atoms with van der Waals surface area (Å²) in [5.41, 5.74) is 0.552. The summed E-state index contributed by atoms with van der Waals surface area (Å²) >= 11 is 6.01. The summed E-state index contributed by atoms with van der Waals surface area (Å²) < 4.78 is 19.1. The van der Waals surface area contributed by atoms with Gasteiger partial charge in [-0.25, -0.2) is 19.3 Å². The number of ether oxygens (including phenoxy) is 1. The van der Waals surface area contributed by atoms with Gasteiger partial charge in [0.25, 0.3) is 0 Å². The Morgan fingerprint density at radius 2 is 2.11 bits per heavy atom. The number of hydrogen-bond acceptors (Lipinski definition) is 7. The van der Waals surface area contributed by atoms with Gasteiger partial charge in [-0.15, -0.1) is 0 Å². The van der Waals surface area contributed by atoms with E-state index in [2.05, 4.69) is 30.5 Å². The van der Waals surface area contributed by atoms with Crippen LogP contribution in [0.25, 0.3) is 22.6 Å². The summed E-state index contributed by atoms with van der Waals surface area (Å²) in [7, 11) is 1.31. The number of fused-ring (bicyclic) bond motifs is 1. The first-order valence-electron chi connectivity index (χ1n) is 8.55. The molecule has 3 rings (SSSR count). The fraction of sp³-hybridized carbons (Fsp3) is 0.389. The third-order valence-corrected chi connectivity index (χ3v) is 4.50. The highest BCUT2D eigenvalue weighted by Gasteiger charge is 2.29. The number of rotatable bonds is 5. The molecule has 0 amide bonds. The largest absolute Gasteiger partial charge is 0.469 e. The lowest BCUT2D eigenvalue weighted by molar-refractivity contribution is -0.141. The molecule has 3 aromatic rings. The molecule has 3 aromatic heterocycles. The molecular formula is C18H20ClFN6O2. The molecule has 0 aliphatic carbocycles. The normalized spacial score (nSPS) is 12.8. The molecule has 2 N–H and O–H groups in total. The Kier molecular flexibility index (Phi) is 5.46. The van der Waals surface area contributed by atoms with Crippen LogP contribution in [0.15, 0.2) is 18.5 Å². The van der Waals surface area contributed by atoms with E-state index in [9.17, 15) is 9.18 Å². The van der Waals surface area contributed by atoms with E-state index in [4.69, 9.17) is 16.3 Å². The van der Waals surface area contributed by atoms with Crippen LogP contribution in [0.3, 0.4) is 0 Å². The second kappa shape index (κ2) is 7.67. The van der Waals surface area contributed by atoms with E-state index >= 15 is 0 Å². The summed E-state index contributed by atoms with van der Waals surface area (Å²) in [5, 5.41) is 11.0. The van der Waals surface area contributed by atoms with Crippen molar-refractivity contribution in [1.29, 1.82) is 0 Å². The number of nitrogens with zero attached hydrogens (tertiary/aromatic N) is 4. The summed E-state index contributed by atoms with van der Waals surface area (Å²) in [6, 6.07) is 1.27. The highest BCUT2D eigenvalue weighted by molar-refractivity contribution is 6.31. The predicted molar refractivity (Wildman–Crippen MR) is 103 cm³/mol. The standard InChI is InChI=1S/C18H20ClFN6O2/c1-18(2,3)12(6-13(27)28-4)23-16-11(20)8-22-17(24-16)14-10-5-9(19)7-21-15(10)26-25-14/h5,7-8,12H,6H2,1-4H3,(H,21,25,26)(H,22,23,24). The molecule has 0 radical (unpaired) electrons. The topological polar surface area (TPSA) is 106 Å². The third-order valence-electron chi connectivity index (χ3n) is 4.29. The minimum absolute atomic E-state index is 0.0278. The Balaban J connectivity index is 1.98. The second-order valence-electron chi connectivity index (χ2n) is 7.36. The van der Waals surface area contributed by atoms with Crippen LogP contribution in [0.2, 0.25) is 5.02 Å². The van der Waals surface area contributed by atoms with Crippen LogP contribution in [0.5, 0.6) is 0 Å². The Labute approximate surface area is 165 Å². The van der Waals surface area contributed by atoms with Gasteiger partial charge in [0.1, 0.15) is 5.69 Å². The first-order valence-corrected chi connectivity index (χ1v) is 8.92. The van der Waals surface area contributed by atoms with Crippen LogP contribution in [0.1, 0.15) is 27.2 Å². The van der Waals surface area contributed by atoms with Gasteiger partial charge >= 0.3 is 5.97 Å². The van der Waals surface area contributed by atoms with Crippen molar-refractivity contribution in [3.05, 3.63) is 29.3 Å². The van der Waals surface area contributed by atoms with Crippen molar-refractivity contribution in [3.63, 3.8) is 0 Å². The highest BCUT2D eigenvalue weighted by Crippen LogP contribution is 2.29. The quantitative estimate of drug-likeness (QED) is 0.623. The Bertz CT molecular complexity index is 1020. The van der Waals surface area contributed by atoms with Gasteiger partial charge in [-0.3, -0.25) is 9.89 Å². The van der Waals surface area contributed by atoms with E-state index in [1.54, 1.807) is 6.07 Å². The van der Waals surface area contributed by atoms with E-state index in [-0.39, 0.29) is 23.5 Å². The molecule has 148 valence electrons. The Morgan fingerprint density at radius 3 is 2.79 bits per heavy atom. The van der Waals surface area contributed by atoms with Gasteiger partial charge in [0.05, 0.1) is 30.1 Å². The Hall–Kier alpha value is -2.81. The maximum Gasteiger partial charge on any atom is 0.307 e. The minimum Gasteiger partial charge on any atom is -0.469 e. The molecule has 0 aliphatic rings. The number of aromatic amines is 1. The number of carbonyl (C=O) groups excluding carboxylic acids is 1. The molecule has 10 heteroatoms. The predicted octanol–water partition coefficient (Wildman–Crippen LogP) is 3.60.